The third kappa shape index (κ3) is 3.10. The Morgan fingerprint density at radius 1 is 1.36 bits per heavy atom. The lowest BCUT2D eigenvalue weighted by molar-refractivity contribution is -0.274. The van der Waals surface area contributed by atoms with Crippen LogP contribution in [0.1, 0.15) is 0 Å². The van der Waals surface area contributed by atoms with E-state index in [9.17, 15) is 13.2 Å². The molecule has 14 heavy (non-hydrogen) atoms. The van der Waals surface area contributed by atoms with Gasteiger partial charge in [0, 0.05) is 11.5 Å². The van der Waals surface area contributed by atoms with Crippen molar-refractivity contribution in [2.75, 3.05) is 12.4 Å². The lowest BCUT2D eigenvalue weighted by Crippen LogP contribution is -2.17. The monoisotopic (exact) mass is 269 g/mol. The summed E-state index contributed by atoms with van der Waals surface area (Å²) in [6.45, 7) is 0. The molecule has 0 aliphatic carbocycles. The number of anilines is 1. The minimum atomic E-state index is -4.67. The normalized spacial score (nSPS) is 11.2. The molecule has 0 aliphatic rings. The second-order valence-electron chi connectivity index (χ2n) is 2.44. The molecule has 0 radical (unpaired) electrons. The zero-order valence-electron chi connectivity index (χ0n) is 7.15. The Balaban J connectivity index is 2.99. The molecule has 0 aromatic heterocycles. The van der Waals surface area contributed by atoms with Gasteiger partial charge in [0.05, 0.1) is 5.69 Å². The number of alkyl halides is 3. The predicted molar refractivity (Wildman–Crippen MR) is 50.4 cm³/mol. The van der Waals surface area contributed by atoms with Crippen LogP contribution in [0.2, 0.25) is 0 Å². The zero-order chi connectivity index (χ0) is 10.8. The largest absolute Gasteiger partial charge is 0.573 e. The Bertz CT molecular complexity index is 327. The number of hydrogen-bond donors (Lipinski definition) is 1. The van der Waals surface area contributed by atoms with E-state index < -0.39 is 6.36 Å². The van der Waals surface area contributed by atoms with Gasteiger partial charge in [0.2, 0.25) is 0 Å². The van der Waals surface area contributed by atoms with Crippen LogP contribution in [-0.2, 0) is 0 Å². The van der Waals surface area contributed by atoms with Crippen molar-refractivity contribution in [3.8, 4) is 5.75 Å². The first kappa shape index (κ1) is 11.2. The minimum Gasteiger partial charge on any atom is -0.404 e. The molecule has 0 aliphatic heterocycles. The van der Waals surface area contributed by atoms with E-state index in [1.165, 1.54) is 19.2 Å². The molecule has 0 bridgehead atoms. The summed E-state index contributed by atoms with van der Waals surface area (Å²) in [5.74, 6) is -0.255. The number of hydrogen-bond acceptors (Lipinski definition) is 2. The molecule has 0 atom stereocenters. The molecule has 0 spiro atoms. The second kappa shape index (κ2) is 4.08. The smallest absolute Gasteiger partial charge is 0.404 e. The Morgan fingerprint density at radius 2 is 2.00 bits per heavy atom. The topological polar surface area (TPSA) is 21.3 Å². The maximum absolute atomic E-state index is 11.9. The van der Waals surface area contributed by atoms with Crippen molar-refractivity contribution < 1.29 is 17.9 Å². The van der Waals surface area contributed by atoms with E-state index in [2.05, 4.69) is 26.0 Å². The third-order valence-electron chi connectivity index (χ3n) is 1.44. The van der Waals surface area contributed by atoms with Crippen LogP contribution < -0.4 is 10.1 Å². The van der Waals surface area contributed by atoms with Crippen LogP contribution >= 0.6 is 15.9 Å². The van der Waals surface area contributed by atoms with Crippen molar-refractivity contribution in [1.29, 1.82) is 0 Å². The highest BCUT2D eigenvalue weighted by molar-refractivity contribution is 9.10. The van der Waals surface area contributed by atoms with E-state index >= 15 is 0 Å². The Hall–Kier alpha value is -0.910. The average Bonchev–Trinajstić information content (AvgIpc) is 2.01. The van der Waals surface area contributed by atoms with Crippen LogP contribution in [0.3, 0.4) is 0 Å². The molecule has 6 heteroatoms. The van der Waals surface area contributed by atoms with Crippen LogP contribution in [0, 0.1) is 0 Å². The second-order valence-corrected chi connectivity index (χ2v) is 3.35. The van der Waals surface area contributed by atoms with Gasteiger partial charge in [-0.25, -0.2) is 0 Å². The molecule has 1 rings (SSSR count). The Kier molecular flexibility index (Phi) is 3.25. The molecule has 0 unspecified atom stereocenters. The number of rotatable bonds is 2. The van der Waals surface area contributed by atoms with Crippen LogP contribution in [0.25, 0.3) is 0 Å². The molecule has 0 heterocycles. The van der Waals surface area contributed by atoms with Gasteiger partial charge in [0.15, 0.2) is 5.75 Å². The predicted octanol–water partition coefficient (Wildman–Crippen LogP) is 3.39. The van der Waals surface area contributed by atoms with Crippen molar-refractivity contribution >= 4 is 21.6 Å². The molecular formula is C8H7BrF3NO. The summed E-state index contributed by atoms with van der Waals surface area (Å²) in [5.41, 5.74) is 0.283. The van der Waals surface area contributed by atoms with Crippen LogP contribution in [0.15, 0.2) is 22.7 Å². The molecule has 2 nitrogen and oxygen atoms in total. The van der Waals surface area contributed by atoms with Gasteiger partial charge in [-0.3, -0.25) is 0 Å². The fraction of sp³-hybridized carbons (Fsp3) is 0.250. The average molecular weight is 270 g/mol. The Morgan fingerprint density at radius 3 is 2.50 bits per heavy atom. The maximum atomic E-state index is 11.9. The van der Waals surface area contributed by atoms with Gasteiger partial charge >= 0.3 is 6.36 Å². The maximum Gasteiger partial charge on any atom is 0.573 e. The van der Waals surface area contributed by atoms with Crippen molar-refractivity contribution in [2.24, 2.45) is 0 Å². The van der Waals surface area contributed by atoms with Crippen molar-refractivity contribution in [3.05, 3.63) is 22.7 Å². The van der Waals surface area contributed by atoms with Gasteiger partial charge < -0.3 is 10.1 Å². The lowest BCUT2D eigenvalue weighted by Gasteiger charge is -2.12. The molecule has 0 saturated heterocycles. The van der Waals surface area contributed by atoms with Gasteiger partial charge in [0.25, 0.3) is 0 Å². The van der Waals surface area contributed by atoms with Crippen molar-refractivity contribution in [2.45, 2.75) is 6.36 Å². The molecule has 1 aromatic carbocycles. The quantitative estimate of drug-likeness (QED) is 0.889. The number of nitrogens with one attached hydrogen (secondary N) is 1. The van der Waals surface area contributed by atoms with E-state index in [4.69, 9.17) is 0 Å². The van der Waals surface area contributed by atoms with Gasteiger partial charge in [-0.15, -0.1) is 13.2 Å². The summed E-state index contributed by atoms with van der Waals surface area (Å²) in [4.78, 5) is 0. The van der Waals surface area contributed by atoms with Gasteiger partial charge in [-0.2, -0.15) is 0 Å². The van der Waals surface area contributed by atoms with E-state index in [0.717, 1.165) is 0 Å². The van der Waals surface area contributed by atoms with Crippen LogP contribution in [0.5, 0.6) is 5.75 Å². The van der Waals surface area contributed by atoms with Gasteiger partial charge in [-0.05, 0) is 18.2 Å². The first-order valence-corrected chi connectivity index (χ1v) is 4.45. The van der Waals surface area contributed by atoms with Crippen LogP contribution in [-0.4, -0.2) is 13.4 Å². The molecule has 78 valence electrons. The highest BCUT2D eigenvalue weighted by Gasteiger charge is 2.32. The van der Waals surface area contributed by atoms with Crippen LogP contribution in [0.4, 0.5) is 18.9 Å². The zero-order valence-corrected chi connectivity index (χ0v) is 8.74. The summed E-state index contributed by atoms with van der Waals surface area (Å²) >= 11 is 3.06. The molecule has 1 aromatic rings. The molecule has 0 amide bonds. The standard InChI is InChI=1S/C8H7BrF3NO/c1-13-6-3-2-5(9)4-7(6)14-8(10,11)12/h2-4,13H,1H3. The summed E-state index contributed by atoms with van der Waals surface area (Å²) in [5, 5.41) is 2.60. The fourth-order valence-corrected chi connectivity index (χ4v) is 1.25. The molecular weight excluding hydrogens is 263 g/mol. The van der Waals surface area contributed by atoms with Gasteiger partial charge in [0.1, 0.15) is 0 Å². The van der Waals surface area contributed by atoms with Crippen molar-refractivity contribution in [3.63, 3.8) is 0 Å². The fourth-order valence-electron chi connectivity index (χ4n) is 0.912. The van der Waals surface area contributed by atoms with E-state index in [-0.39, 0.29) is 11.4 Å². The summed E-state index contributed by atoms with van der Waals surface area (Å²) in [6, 6.07) is 4.36. The first-order valence-electron chi connectivity index (χ1n) is 3.65. The lowest BCUT2D eigenvalue weighted by atomic mass is 10.3. The van der Waals surface area contributed by atoms with Crippen molar-refractivity contribution in [1.82, 2.24) is 0 Å². The number of halogens is 4. The van der Waals surface area contributed by atoms with E-state index in [1.54, 1.807) is 6.07 Å². The van der Waals surface area contributed by atoms with E-state index in [0.29, 0.717) is 4.47 Å². The highest BCUT2D eigenvalue weighted by atomic mass is 79.9. The summed E-state index contributed by atoms with van der Waals surface area (Å²) in [6.07, 6.45) is -4.67. The number of ether oxygens (including phenoxy) is 1. The molecule has 0 fully saturated rings. The first-order chi connectivity index (χ1) is 6.42. The SMILES string of the molecule is CNc1ccc(Br)cc1OC(F)(F)F. The molecule has 0 saturated carbocycles. The van der Waals surface area contributed by atoms with Gasteiger partial charge in [-0.1, -0.05) is 15.9 Å². The summed E-state index contributed by atoms with van der Waals surface area (Å²) < 4.78 is 40.1. The summed E-state index contributed by atoms with van der Waals surface area (Å²) in [7, 11) is 1.52. The molecule has 1 N–H and O–H groups in total. The Labute approximate surface area is 87.2 Å². The van der Waals surface area contributed by atoms with E-state index in [1.807, 2.05) is 0 Å². The minimum absolute atomic E-state index is 0.255. The highest BCUT2D eigenvalue weighted by Crippen LogP contribution is 2.32. The number of benzene rings is 1. The third-order valence-corrected chi connectivity index (χ3v) is 1.93.